The molecule has 2 fully saturated rings. The maximum Gasteiger partial charge on any atom is 0.0417 e. The molecule has 1 aromatic carbocycles. The normalized spacial score (nSPS) is 29.1. The zero-order chi connectivity index (χ0) is 12.5. The predicted octanol–water partition coefficient (Wildman–Crippen LogP) is 3.48. The average molecular weight is 244 g/mol. The van der Waals surface area contributed by atoms with Crippen molar-refractivity contribution >= 4 is 5.69 Å². The van der Waals surface area contributed by atoms with Gasteiger partial charge in [0, 0.05) is 24.3 Å². The molecule has 1 aliphatic heterocycles. The van der Waals surface area contributed by atoms with E-state index in [2.05, 4.69) is 36.1 Å². The third kappa shape index (κ3) is 2.03. The Bertz CT molecular complexity index is 413. The maximum atomic E-state index is 6.12. The number of rotatable bonds is 2. The van der Waals surface area contributed by atoms with E-state index in [1.807, 2.05) is 0 Å². The molecular formula is C16H24N2. The van der Waals surface area contributed by atoms with E-state index in [0.29, 0.717) is 0 Å². The lowest BCUT2D eigenvalue weighted by Crippen LogP contribution is -2.35. The molecule has 1 aliphatic carbocycles. The van der Waals surface area contributed by atoms with Crippen LogP contribution in [-0.2, 0) is 0 Å². The second-order valence-corrected chi connectivity index (χ2v) is 5.94. The minimum Gasteiger partial charge on any atom is -0.368 e. The van der Waals surface area contributed by atoms with Crippen LogP contribution in [0.4, 0.5) is 5.69 Å². The Balaban J connectivity index is 1.90. The van der Waals surface area contributed by atoms with Gasteiger partial charge in [0.25, 0.3) is 0 Å². The van der Waals surface area contributed by atoms with Gasteiger partial charge in [-0.1, -0.05) is 31.0 Å². The van der Waals surface area contributed by atoms with E-state index in [4.69, 9.17) is 5.73 Å². The summed E-state index contributed by atoms with van der Waals surface area (Å²) in [5, 5.41) is 0. The highest BCUT2D eigenvalue weighted by Gasteiger charge is 2.36. The molecule has 18 heavy (non-hydrogen) atoms. The number of anilines is 1. The maximum absolute atomic E-state index is 6.12. The number of fused-ring (bicyclic) bond motifs is 1. The van der Waals surface area contributed by atoms with Crippen LogP contribution in [0.5, 0.6) is 0 Å². The Morgan fingerprint density at radius 3 is 2.78 bits per heavy atom. The van der Waals surface area contributed by atoms with Crippen LogP contribution < -0.4 is 10.6 Å². The highest BCUT2D eigenvalue weighted by atomic mass is 15.2. The highest BCUT2D eigenvalue weighted by molar-refractivity contribution is 5.56. The zero-order valence-corrected chi connectivity index (χ0v) is 11.3. The van der Waals surface area contributed by atoms with Gasteiger partial charge in [0.15, 0.2) is 0 Å². The number of hydrogen-bond acceptors (Lipinski definition) is 2. The first-order chi connectivity index (χ1) is 8.77. The summed E-state index contributed by atoms with van der Waals surface area (Å²) >= 11 is 0. The van der Waals surface area contributed by atoms with Crippen LogP contribution in [0, 0.1) is 5.92 Å². The Labute approximate surface area is 110 Å². The average Bonchev–Trinajstić information content (AvgIpc) is 2.82. The summed E-state index contributed by atoms with van der Waals surface area (Å²) in [5.41, 5.74) is 8.82. The summed E-state index contributed by atoms with van der Waals surface area (Å²) in [5.74, 6) is 0.930. The van der Waals surface area contributed by atoms with Crippen molar-refractivity contribution < 1.29 is 0 Å². The topological polar surface area (TPSA) is 29.3 Å². The van der Waals surface area contributed by atoms with Gasteiger partial charge in [-0.2, -0.15) is 0 Å². The van der Waals surface area contributed by atoms with E-state index in [1.54, 1.807) is 0 Å². The van der Waals surface area contributed by atoms with Gasteiger partial charge in [-0.25, -0.2) is 0 Å². The molecule has 3 atom stereocenters. The van der Waals surface area contributed by atoms with Gasteiger partial charge in [0.2, 0.25) is 0 Å². The second-order valence-electron chi connectivity index (χ2n) is 5.94. The quantitative estimate of drug-likeness (QED) is 0.863. The molecule has 1 saturated carbocycles. The van der Waals surface area contributed by atoms with Crippen molar-refractivity contribution in [2.75, 3.05) is 11.4 Å². The molecule has 2 N–H and O–H groups in total. The first-order valence-corrected chi connectivity index (χ1v) is 7.38. The molecule has 2 unspecified atom stereocenters. The molecule has 2 nitrogen and oxygen atoms in total. The minimum absolute atomic E-state index is 0.129. The second kappa shape index (κ2) is 4.93. The zero-order valence-electron chi connectivity index (χ0n) is 11.3. The fraction of sp³-hybridized carbons (Fsp3) is 0.625. The smallest absolute Gasteiger partial charge is 0.0417 e. The molecule has 0 radical (unpaired) electrons. The molecule has 1 heterocycles. The number of nitrogens with zero attached hydrogens (tertiary/aromatic N) is 1. The van der Waals surface area contributed by atoms with Crippen molar-refractivity contribution in [3.63, 3.8) is 0 Å². The van der Waals surface area contributed by atoms with Gasteiger partial charge in [0.05, 0.1) is 0 Å². The molecular weight excluding hydrogens is 220 g/mol. The SMILES string of the molecule is C[C@H](N)c1ccccc1N1CCC2CCCCC21. The minimum atomic E-state index is 0.129. The van der Waals surface area contributed by atoms with E-state index in [-0.39, 0.29) is 6.04 Å². The molecule has 2 aliphatic rings. The van der Waals surface area contributed by atoms with Gasteiger partial charge >= 0.3 is 0 Å². The number of nitrogens with two attached hydrogens (primary N) is 1. The molecule has 1 aromatic rings. The third-order valence-electron chi connectivity index (χ3n) is 4.75. The van der Waals surface area contributed by atoms with E-state index >= 15 is 0 Å². The van der Waals surface area contributed by atoms with Gasteiger partial charge in [0.1, 0.15) is 0 Å². The highest BCUT2D eigenvalue weighted by Crippen LogP contribution is 2.40. The van der Waals surface area contributed by atoms with Crippen molar-refractivity contribution in [2.24, 2.45) is 11.7 Å². The number of para-hydroxylation sites is 1. The Morgan fingerprint density at radius 1 is 1.17 bits per heavy atom. The van der Waals surface area contributed by atoms with E-state index in [1.165, 1.54) is 49.9 Å². The van der Waals surface area contributed by atoms with Crippen LogP contribution in [-0.4, -0.2) is 12.6 Å². The summed E-state index contributed by atoms with van der Waals surface area (Å²) in [4.78, 5) is 2.64. The molecule has 0 bridgehead atoms. The summed E-state index contributed by atoms with van der Waals surface area (Å²) < 4.78 is 0. The Morgan fingerprint density at radius 2 is 1.94 bits per heavy atom. The first-order valence-electron chi connectivity index (χ1n) is 7.38. The number of hydrogen-bond donors (Lipinski definition) is 1. The molecule has 1 saturated heterocycles. The largest absolute Gasteiger partial charge is 0.368 e. The summed E-state index contributed by atoms with van der Waals surface area (Å²) in [6, 6.07) is 9.61. The lowest BCUT2D eigenvalue weighted by atomic mass is 9.85. The standard InChI is InChI=1S/C16H24N2/c1-12(17)14-7-3-5-9-16(14)18-11-10-13-6-2-4-8-15(13)18/h3,5,7,9,12-13,15H,2,4,6,8,10-11,17H2,1H3/t12-,13?,15?/m0/s1. The van der Waals surface area contributed by atoms with Gasteiger partial charge in [-0.3, -0.25) is 0 Å². The van der Waals surface area contributed by atoms with Crippen LogP contribution >= 0.6 is 0 Å². The fourth-order valence-electron chi connectivity index (χ4n) is 3.84. The Kier molecular flexibility index (Phi) is 3.29. The molecule has 0 aromatic heterocycles. The van der Waals surface area contributed by atoms with E-state index in [0.717, 1.165) is 12.0 Å². The molecule has 0 amide bonds. The van der Waals surface area contributed by atoms with Crippen LogP contribution in [0.25, 0.3) is 0 Å². The van der Waals surface area contributed by atoms with Crippen LogP contribution in [0.15, 0.2) is 24.3 Å². The molecule has 2 heteroatoms. The van der Waals surface area contributed by atoms with Gasteiger partial charge in [-0.15, -0.1) is 0 Å². The van der Waals surface area contributed by atoms with Crippen LogP contribution in [0.2, 0.25) is 0 Å². The molecule has 0 spiro atoms. The van der Waals surface area contributed by atoms with Crippen LogP contribution in [0.3, 0.4) is 0 Å². The lowest BCUT2D eigenvalue weighted by molar-refractivity contribution is 0.342. The fourth-order valence-corrected chi connectivity index (χ4v) is 3.84. The lowest BCUT2D eigenvalue weighted by Gasteiger charge is -2.34. The van der Waals surface area contributed by atoms with E-state index < -0.39 is 0 Å². The summed E-state index contributed by atoms with van der Waals surface area (Å²) in [7, 11) is 0. The summed E-state index contributed by atoms with van der Waals surface area (Å²) in [6.45, 7) is 3.31. The number of benzene rings is 1. The summed E-state index contributed by atoms with van der Waals surface area (Å²) in [6.07, 6.45) is 7.01. The van der Waals surface area contributed by atoms with E-state index in [9.17, 15) is 0 Å². The van der Waals surface area contributed by atoms with Gasteiger partial charge < -0.3 is 10.6 Å². The van der Waals surface area contributed by atoms with Gasteiger partial charge in [-0.05, 0) is 43.7 Å². The predicted molar refractivity (Wildman–Crippen MR) is 76.8 cm³/mol. The third-order valence-corrected chi connectivity index (χ3v) is 4.75. The van der Waals surface area contributed by atoms with Crippen molar-refractivity contribution in [3.05, 3.63) is 29.8 Å². The monoisotopic (exact) mass is 244 g/mol. The molecule has 98 valence electrons. The first kappa shape index (κ1) is 12.0. The van der Waals surface area contributed by atoms with Crippen molar-refractivity contribution in [1.82, 2.24) is 0 Å². The van der Waals surface area contributed by atoms with Crippen molar-refractivity contribution in [1.29, 1.82) is 0 Å². The van der Waals surface area contributed by atoms with Crippen molar-refractivity contribution in [3.8, 4) is 0 Å². The van der Waals surface area contributed by atoms with Crippen molar-refractivity contribution in [2.45, 2.75) is 51.1 Å². The van der Waals surface area contributed by atoms with Crippen LogP contribution in [0.1, 0.15) is 50.6 Å². The Hall–Kier alpha value is -1.02. The molecule has 3 rings (SSSR count).